The summed E-state index contributed by atoms with van der Waals surface area (Å²) in [6, 6.07) is 8.76. The molecule has 7 nitrogen and oxygen atoms in total. The molecule has 0 bridgehead atoms. The molecule has 0 unspecified atom stereocenters. The van der Waals surface area contributed by atoms with Gasteiger partial charge in [0.25, 0.3) is 5.91 Å². The molecule has 140 valence electrons. The second kappa shape index (κ2) is 7.11. The van der Waals surface area contributed by atoms with Crippen LogP contribution < -0.4 is 0 Å². The van der Waals surface area contributed by atoms with E-state index in [1.54, 1.807) is 13.0 Å². The zero-order chi connectivity index (χ0) is 18.9. The number of amides is 1. The SMILES string of the molecule is CCN(C(=O)[C@@H](C)OC(=O)c1cc2ccccc2[nH]1)[C@H]1CCS(=O)(=O)C1. The minimum Gasteiger partial charge on any atom is -0.448 e. The predicted octanol–water partition coefficient (Wildman–Crippen LogP) is 1.75. The molecule has 1 aromatic heterocycles. The number of fused-ring (bicyclic) bond motifs is 1. The number of likely N-dealkylation sites (N-methyl/N-ethyl adjacent to an activating group) is 1. The van der Waals surface area contributed by atoms with Crippen molar-refractivity contribution < 1.29 is 22.7 Å². The molecule has 1 N–H and O–H groups in total. The number of aromatic nitrogens is 1. The fraction of sp³-hybridized carbons (Fsp3) is 0.444. The number of hydrogen-bond donors (Lipinski definition) is 1. The van der Waals surface area contributed by atoms with E-state index >= 15 is 0 Å². The third-order valence-corrected chi connectivity index (χ3v) is 6.40. The molecule has 1 saturated heterocycles. The van der Waals surface area contributed by atoms with Crippen LogP contribution in [0, 0.1) is 0 Å². The normalized spacial score (nSPS) is 20.0. The van der Waals surface area contributed by atoms with Crippen molar-refractivity contribution in [3.05, 3.63) is 36.0 Å². The zero-order valence-corrected chi connectivity index (χ0v) is 15.6. The summed E-state index contributed by atoms with van der Waals surface area (Å²) in [6.45, 7) is 3.66. The topological polar surface area (TPSA) is 96.5 Å². The number of sulfone groups is 1. The Labute approximate surface area is 152 Å². The van der Waals surface area contributed by atoms with E-state index in [0.717, 1.165) is 10.9 Å². The van der Waals surface area contributed by atoms with E-state index in [-0.39, 0.29) is 29.1 Å². The molecule has 0 spiro atoms. The number of carbonyl (C=O) groups excluding carboxylic acids is 2. The van der Waals surface area contributed by atoms with Gasteiger partial charge >= 0.3 is 5.97 Å². The van der Waals surface area contributed by atoms with Crippen molar-refractivity contribution in [3.8, 4) is 0 Å². The monoisotopic (exact) mass is 378 g/mol. The molecular formula is C18H22N2O5S. The van der Waals surface area contributed by atoms with Gasteiger partial charge in [0.2, 0.25) is 0 Å². The molecule has 8 heteroatoms. The summed E-state index contributed by atoms with van der Waals surface area (Å²) in [6.07, 6.45) is -0.568. The molecule has 1 fully saturated rings. The van der Waals surface area contributed by atoms with Gasteiger partial charge < -0.3 is 14.6 Å². The lowest BCUT2D eigenvalue weighted by molar-refractivity contribution is -0.141. The number of H-pyrrole nitrogens is 1. The Morgan fingerprint density at radius 2 is 2.08 bits per heavy atom. The van der Waals surface area contributed by atoms with Crippen LogP contribution in [0.2, 0.25) is 0 Å². The molecule has 0 aliphatic carbocycles. The Morgan fingerprint density at radius 3 is 2.69 bits per heavy atom. The van der Waals surface area contributed by atoms with Gasteiger partial charge in [-0.05, 0) is 32.4 Å². The number of hydrogen-bond acceptors (Lipinski definition) is 5. The maximum Gasteiger partial charge on any atom is 0.355 e. The van der Waals surface area contributed by atoms with Gasteiger partial charge in [0.15, 0.2) is 15.9 Å². The summed E-state index contributed by atoms with van der Waals surface area (Å²) in [4.78, 5) is 29.5. The van der Waals surface area contributed by atoms with Crippen molar-refractivity contribution in [2.75, 3.05) is 18.1 Å². The lowest BCUT2D eigenvalue weighted by Gasteiger charge is -2.29. The van der Waals surface area contributed by atoms with Crippen LogP contribution in [-0.4, -0.2) is 60.4 Å². The fourth-order valence-corrected chi connectivity index (χ4v) is 5.04. The number of aromatic amines is 1. The van der Waals surface area contributed by atoms with Crippen molar-refractivity contribution >= 4 is 32.6 Å². The highest BCUT2D eigenvalue weighted by atomic mass is 32.2. The summed E-state index contributed by atoms with van der Waals surface area (Å²) in [5, 5.41) is 0.879. The predicted molar refractivity (Wildman–Crippen MR) is 97.6 cm³/mol. The number of carbonyl (C=O) groups is 2. The van der Waals surface area contributed by atoms with E-state index in [2.05, 4.69) is 4.98 Å². The number of ether oxygens (including phenoxy) is 1. The molecule has 1 aliphatic rings. The number of benzene rings is 1. The Bertz CT molecular complexity index is 901. The van der Waals surface area contributed by atoms with E-state index < -0.39 is 21.9 Å². The number of nitrogens with zero attached hydrogens (tertiary/aromatic N) is 1. The van der Waals surface area contributed by atoms with Crippen LogP contribution in [0.4, 0.5) is 0 Å². The smallest absolute Gasteiger partial charge is 0.355 e. The molecule has 3 rings (SSSR count). The minimum absolute atomic E-state index is 0.0325. The number of para-hydroxylation sites is 1. The second-order valence-electron chi connectivity index (χ2n) is 6.50. The average Bonchev–Trinajstić information content (AvgIpc) is 3.18. The first-order valence-electron chi connectivity index (χ1n) is 8.60. The van der Waals surface area contributed by atoms with Gasteiger partial charge in [0, 0.05) is 23.5 Å². The lowest BCUT2D eigenvalue weighted by atomic mass is 10.2. The van der Waals surface area contributed by atoms with Crippen molar-refractivity contribution in [3.63, 3.8) is 0 Å². The molecule has 0 radical (unpaired) electrons. The van der Waals surface area contributed by atoms with Gasteiger partial charge in [-0.2, -0.15) is 0 Å². The fourth-order valence-electron chi connectivity index (χ4n) is 3.31. The molecule has 2 aromatic rings. The first-order valence-corrected chi connectivity index (χ1v) is 10.4. The Morgan fingerprint density at radius 1 is 1.35 bits per heavy atom. The van der Waals surface area contributed by atoms with Crippen molar-refractivity contribution in [2.45, 2.75) is 32.4 Å². The van der Waals surface area contributed by atoms with Crippen LogP contribution in [-0.2, 0) is 19.4 Å². The molecule has 1 aromatic carbocycles. The molecule has 2 atom stereocenters. The molecule has 1 aliphatic heterocycles. The van der Waals surface area contributed by atoms with Gasteiger partial charge in [0.1, 0.15) is 5.69 Å². The van der Waals surface area contributed by atoms with Gasteiger partial charge in [0.05, 0.1) is 11.5 Å². The van der Waals surface area contributed by atoms with Crippen LogP contribution >= 0.6 is 0 Å². The van der Waals surface area contributed by atoms with Crippen molar-refractivity contribution in [1.29, 1.82) is 0 Å². The summed E-state index contributed by atoms with van der Waals surface area (Å²) < 4.78 is 28.7. The Hall–Kier alpha value is -2.35. The summed E-state index contributed by atoms with van der Waals surface area (Å²) >= 11 is 0. The number of esters is 1. The van der Waals surface area contributed by atoms with Gasteiger partial charge in [-0.1, -0.05) is 18.2 Å². The van der Waals surface area contributed by atoms with Crippen LogP contribution in [0.25, 0.3) is 10.9 Å². The van der Waals surface area contributed by atoms with Crippen molar-refractivity contribution in [1.82, 2.24) is 9.88 Å². The molecule has 2 heterocycles. The van der Waals surface area contributed by atoms with Crippen LogP contribution in [0.5, 0.6) is 0 Å². The highest BCUT2D eigenvalue weighted by Gasteiger charge is 2.36. The van der Waals surface area contributed by atoms with E-state index in [1.807, 2.05) is 24.3 Å². The summed E-state index contributed by atoms with van der Waals surface area (Å²) in [7, 11) is -3.10. The van der Waals surface area contributed by atoms with Gasteiger partial charge in [-0.25, -0.2) is 13.2 Å². The molecule has 1 amide bonds. The Balaban J connectivity index is 1.68. The third kappa shape index (κ3) is 3.75. The first-order chi connectivity index (χ1) is 12.3. The van der Waals surface area contributed by atoms with Gasteiger partial charge in [-0.15, -0.1) is 0 Å². The standard InChI is InChI=1S/C18H22N2O5S/c1-3-20(14-8-9-26(23,24)11-14)17(21)12(2)25-18(22)16-10-13-6-4-5-7-15(13)19-16/h4-7,10,12,14,19H,3,8-9,11H2,1-2H3/t12-,14+/m1/s1. The lowest BCUT2D eigenvalue weighted by Crippen LogP contribution is -2.46. The first kappa shape index (κ1) is 18.4. The van der Waals surface area contributed by atoms with Crippen LogP contribution in [0.3, 0.4) is 0 Å². The molecular weight excluding hydrogens is 356 g/mol. The largest absolute Gasteiger partial charge is 0.448 e. The van der Waals surface area contributed by atoms with E-state index in [4.69, 9.17) is 4.74 Å². The zero-order valence-electron chi connectivity index (χ0n) is 14.8. The average molecular weight is 378 g/mol. The minimum atomic E-state index is -3.10. The van der Waals surface area contributed by atoms with E-state index in [1.165, 1.54) is 11.8 Å². The van der Waals surface area contributed by atoms with E-state index in [0.29, 0.717) is 13.0 Å². The highest BCUT2D eigenvalue weighted by Crippen LogP contribution is 2.20. The van der Waals surface area contributed by atoms with Crippen molar-refractivity contribution in [2.24, 2.45) is 0 Å². The summed E-state index contributed by atoms with van der Waals surface area (Å²) in [5.41, 5.74) is 1.09. The van der Waals surface area contributed by atoms with Gasteiger partial charge in [-0.3, -0.25) is 4.79 Å². The Kier molecular flexibility index (Phi) is 5.04. The maximum atomic E-state index is 12.7. The third-order valence-electron chi connectivity index (χ3n) is 4.65. The quantitative estimate of drug-likeness (QED) is 0.800. The maximum absolute atomic E-state index is 12.7. The number of nitrogens with one attached hydrogen (secondary N) is 1. The number of rotatable bonds is 5. The molecule has 26 heavy (non-hydrogen) atoms. The second-order valence-corrected chi connectivity index (χ2v) is 8.73. The highest BCUT2D eigenvalue weighted by molar-refractivity contribution is 7.91. The van der Waals surface area contributed by atoms with E-state index in [9.17, 15) is 18.0 Å². The summed E-state index contributed by atoms with van der Waals surface area (Å²) in [5.74, 6) is -0.934. The molecule has 0 saturated carbocycles. The van der Waals surface area contributed by atoms with Crippen LogP contribution in [0.15, 0.2) is 30.3 Å². The van der Waals surface area contributed by atoms with Crippen LogP contribution in [0.1, 0.15) is 30.8 Å².